The normalized spacial score (nSPS) is 24.5. The van der Waals surface area contributed by atoms with Gasteiger partial charge in [0.1, 0.15) is 5.76 Å². The summed E-state index contributed by atoms with van der Waals surface area (Å²) in [6.07, 6.45) is 5.74. The van der Waals surface area contributed by atoms with E-state index in [9.17, 15) is 4.79 Å². The largest absolute Gasteiger partial charge is 0.361 e. The molecule has 3 aliphatic rings. The van der Waals surface area contributed by atoms with Gasteiger partial charge in [-0.2, -0.15) is 0 Å². The van der Waals surface area contributed by atoms with Crippen LogP contribution in [0.5, 0.6) is 0 Å². The highest BCUT2D eigenvalue weighted by Crippen LogP contribution is 2.46. The zero-order valence-electron chi connectivity index (χ0n) is 13.8. The van der Waals surface area contributed by atoms with Crippen LogP contribution in [0.4, 0.5) is 0 Å². The van der Waals surface area contributed by atoms with Gasteiger partial charge >= 0.3 is 0 Å². The molecular formula is C21H19NO2. The van der Waals surface area contributed by atoms with Gasteiger partial charge in [0.15, 0.2) is 5.78 Å². The third-order valence-corrected chi connectivity index (χ3v) is 5.78. The number of carbonyl (C=O) groups is 1. The van der Waals surface area contributed by atoms with Crippen LogP contribution < -0.4 is 0 Å². The number of hydrogen-bond donors (Lipinski definition) is 0. The molecule has 1 fully saturated rings. The highest BCUT2D eigenvalue weighted by atomic mass is 16.5. The molecule has 1 saturated carbocycles. The Morgan fingerprint density at radius 1 is 1.29 bits per heavy atom. The molecule has 0 amide bonds. The maximum Gasteiger partial charge on any atom is 0.170 e. The molecule has 1 atom stereocenters. The predicted molar refractivity (Wildman–Crippen MR) is 89.8 cm³/mol. The predicted octanol–water partition coefficient (Wildman–Crippen LogP) is 3.66. The quantitative estimate of drug-likeness (QED) is 0.697. The van der Waals surface area contributed by atoms with Gasteiger partial charge in [-0.05, 0) is 63.1 Å². The molecule has 3 heteroatoms. The number of Topliss-reactive ketones (excluding diaryl/α,β-unsaturated/α-hetero) is 1. The monoisotopic (exact) mass is 317 g/mol. The molecule has 1 aromatic carbocycles. The van der Waals surface area contributed by atoms with Gasteiger partial charge in [-0.3, -0.25) is 4.79 Å². The highest BCUT2D eigenvalue weighted by molar-refractivity contribution is 6.05. The fourth-order valence-electron chi connectivity index (χ4n) is 4.15. The Hall–Kier alpha value is -2.34. The molecule has 1 spiro atoms. The summed E-state index contributed by atoms with van der Waals surface area (Å²) >= 11 is 0. The fourth-order valence-corrected chi connectivity index (χ4v) is 4.15. The Bertz CT molecular complexity index is 923. The SMILES string of the molecule is Cc1onc2c1CC1(CC2)Cc2ccc(C#CC3CC3)cc2C1=O. The summed E-state index contributed by atoms with van der Waals surface area (Å²) in [5, 5.41) is 4.14. The molecule has 120 valence electrons. The summed E-state index contributed by atoms with van der Waals surface area (Å²) in [6, 6.07) is 6.19. The molecule has 0 aliphatic heterocycles. The first-order valence-corrected chi connectivity index (χ1v) is 8.78. The lowest BCUT2D eigenvalue weighted by molar-refractivity contribution is 0.0794. The Balaban J connectivity index is 1.50. The van der Waals surface area contributed by atoms with E-state index in [1.165, 1.54) is 18.4 Å². The molecule has 3 nitrogen and oxygen atoms in total. The van der Waals surface area contributed by atoms with Gasteiger partial charge in [-0.15, -0.1) is 0 Å². The maximum atomic E-state index is 13.2. The van der Waals surface area contributed by atoms with Gasteiger partial charge in [0.2, 0.25) is 0 Å². The molecule has 1 aromatic heterocycles. The lowest BCUT2D eigenvalue weighted by Gasteiger charge is -2.30. The molecular weight excluding hydrogens is 298 g/mol. The topological polar surface area (TPSA) is 43.1 Å². The van der Waals surface area contributed by atoms with Crippen molar-refractivity contribution in [2.24, 2.45) is 11.3 Å². The van der Waals surface area contributed by atoms with Gasteiger partial charge in [-0.25, -0.2) is 0 Å². The average Bonchev–Trinajstić information content (AvgIpc) is 3.31. The molecule has 0 saturated heterocycles. The first kappa shape index (κ1) is 14.0. The third-order valence-electron chi connectivity index (χ3n) is 5.78. The zero-order chi connectivity index (χ0) is 16.3. The van der Waals surface area contributed by atoms with Crippen LogP contribution in [0, 0.1) is 30.1 Å². The van der Waals surface area contributed by atoms with Crippen molar-refractivity contribution >= 4 is 5.78 Å². The van der Waals surface area contributed by atoms with Crippen LogP contribution >= 0.6 is 0 Å². The molecule has 0 radical (unpaired) electrons. The summed E-state index contributed by atoms with van der Waals surface area (Å²) in [4.78, 5) is 13.2. The number of ketones is 1. The Morgan fingerprint density at radius 2 is 2.17 bits per heavy atom. The van der Waals surface area contributed by atoms with Crippen LogP contribution in [0.2, 0.25) is 0 Å². The lowest BCUT2D eigenvalue weighted by atomic mass is 9.70. The Kier molecular flexibility index (Phi) is 2.83. The minimum absolute atomic E-state index is 0.291. The molecule has 0 N–H and O–H groups in total. The van der Waals surface area contributed by atoms with Crippen molar-refractivity contribution in [2.45, 2.75) is 45.4 Å². The smallest absolute Gasteiger partial charge is 0.170 e. The van der Waals surface area contributed by atoms with E-state index in [1.54, 1.807) is 0 Å². The van der Waals surface area contributed by atoms with E-state index in [2.05, 4.69) is 29.1 Å². The fraction of sp³-hybridized carbons (Fsp3) is 0.429. The van der Waals surface area contributed by atoms with Crippen molar-refractivity contribution in [2.75, 3.05) is 0 Å². The van der Waals surface area contributed by atoms with Crippen molar-refractivity contribution in [1.82, 2.24) is 5.16 Å². The van der Waals surface area contributed by atoms with Crippen molar-refractivity contribution in [3.05, 3.63) is 51.9 Å². The van der Waals surface area contributed by atoms with E-state index in [-0.39, 0.29) is 5.41 Å². The van der Waals surface area contributed by atoms with Gasteiger partial charge in [-0.1, -0.05) is 23.1 Å². The van der Waals surface area contributed by atoms with Crippen LogP contribution in [0.3, 0.4) is 0 Å². The summed E-state index contributed by atoms with van der Waals surface area (Å²) in [7, 11) is 0. The summed E-state index contributed by atoms with van der Waals surface area (Å²) in [5.41, 5.74) is 4.93. The van der Waals surface area contributed by atoms with Gasteiger partial charge in [0.05, 0.1) is 5.69 Å². The van der Waals surface area contributed by atoms with Crippen molar-refractivity contribution in [3.63, 3.8) is 0 Å². The minimum atomic E-state index is -0.297. The average molecular weight is 317 g/mol. The van der Waals surface area contributed by atoms with Crippen LogP contribution in [0.1, 0.15) is 57.8 Å². The second-order valence-corrected chi connectivity index (χ2v) is 7.54. The van der Waals surface area contributed by atoms with Gasteiger partial charge < -0.3 is 4.52 Å². The van der Waals surface area contributed by atoms with Crippen LogP contribution in [-0.4, -0.2) is 10.9 Å². The van der Waals surface area contributed by atoms with Crippen molar-refractivity contribution < 1.29 is 9.32 Å². The molecule has 5 rings (SSSR count). The van der Waals surface area contributed by atoms with E-state index in [1.807, 2.05) is 13.0 Å². The van der Waals surface area contributed by atoms with E-state index in [0.29, 0.717) is 11.7 Å². The summed E-state index contributed by atoms with van der Waals surface area (Å²) in [6.45, 7) is 1.95. The van der Waals surface area contributed by atoms with Crippen molar-refractivity contribution in [3.8, 4) is 11.8 Å². The molecule has 3 aliphatic carbocycles. The standard InChI is InChI=1S/C21H19NO2/c1-13-18-12-21(9-8-19(18)22-24-13)11-16-7-6-15(5-4-14-2-3-14)10-17(16)20(21)23/h6-7,10,14H,2-3,8-9,11-12H2,1H3. The first-order valence-electron chi connectivity index (χ1n) is 8.78. The number of aromatic nitrogens is 1. The van der Waals surface area contributed by atoms with E-state index in [4.69, 9.17) is 4.52 Å². The van der Waals surface area contributed by atoms with Gasteiger partial charge in [0.25, 0.3) is 0 Å². The number of hydrogen-bond acceptors (Lipinski definition) is 3. The molecule has 1 unspecified atom stereocenters. The van der Waals surface area contributed by atoms with E-state index < -0.39 is 0 Å². The van der Waals surface area contributed by atoms with E-state index in [0.717, 1.165) is 53.8 Å². The number of nitrogens with zero attached hydrogens (tertiary/aromatic N) is 1. The highest BCUT2D eigenvalue weighted by Gasteiger charge is 2.48. The number of carbonyl (C=O) groups excluding carboxylic acids is 1. The third kappa shape index (κ3) is 2.06. The maximum absolute atomic E-state index is 13.2. The second-order valence-electron chi connectivity index (χ2n) is 7.54. The Morgan fingerprint density at radius 3 is 3.00 bits per heavy atom. The number of aryl methyl sites for hydroxylation is 2. The molecule has 0 bridgehead atoms. The lowest BCUT2D eigenvalue weighted by Crippen LogP contribution is -2.34. The number of rotatable bonds is 0. The van der Waals surface area contributed by atoms with Crippen LogP contribution in [0.15, 0.2) is 22.7 Å². The molecule has 24 heavy (non-hydrogen) atoms. The Labute approximate surface area is 141 Å². The van der Waals surface area contributed by atoms with Gasteiger partial charge in [0, 0.05) is 28.0 Å². The number of benzene rings is 1. The summed E-state index contributed by atoms with van der Waals surface area (Å²) < 4.78 is 5.33. The molecule has 1 heterocycles. The van der Waals surface area contributed by atoms with Crippen LogP contribution in [-0.2, 0) is 19.3 Å². The van der Waals surface area contributed by atoms with Crippen molar-refractivity contribution in [1.29, 1.82) is 0 Å². The first-order chi connectivity index (χ1) is 11.6. The number of fused-ring (bicyclic) bond motifs is 2. The zero-order valence-corrected chi connectivity index (χ0v) is 13.8. The molecule has 2 aromatic rings. The second kappa shape index (κ2) is 4.83. The summed E-state index contributed by atoms with van der Waals surface area (Å²) in [5.74, 6) is 8.26. The van der Waals surface area contributed by atoms with Crippen LogP contribution in [0.25, 0.3) is 0 Å². The van der Waals surface area contributed by atoms with E-state index >= 15 is 0 Å². The minimum Gasteiger partial charge on any atom is -0.361 e.